The molecule has 1 amide bonds. The number of hydrogen-bond donors (Lipinski definition) is 1. The standard InChI is InChI=1S/C11H21NO2/c1-9(2)11(13)12-6-3-7-14-8-10-4-5-10/h9-10H,3-8H2,1-2H3,(H,12,13). The average molecular weight is 199 g/mol. The molecule has 0 heterocycles. The molecule has 1 N–H and O–H groups in total. The van der Waals surface area contributed by atoms with Crippen molar-refractivity contribution in [1.82, 2.24) is 5.32 Å². The van der Waals surface area contributed by atoms with Gasteiger partial charge >= 0.3 is 0 Å². The summed E-state index contributed by atoms with van der Waals surface area (Å²) in [5.74, 6) is 1.05. The third-order valence-electron chi connectivity index (χ3n) is 2.34. The summed E-state index contributed by atoms with van der Waals surface area (Å²) in [5, 5.41) is 2.87. The topological polar surface area (TPSA) is 38.3 Å². The summed E-state index contributed by atoms with van der Waals surface area (Å²) in [6, 6.07) is 0. The molecule has 1 rings (SSSR count). The highest BCUT2D eigenvalue weighted by Gasteiger charge is 2.20. The molecule has 1 saturated carbocycles. The molecule has 3 nitrogen and oxygen atoms in total. The zero-order valence-corrected chi connectivity index (χ0v) is 9.21. The Morgan fingerprint density at radius 1 is 1.50 bits per heavy atom. The molecule has 14 heavy (non-hydrogen) atoms. The van der Waals surface area contributed by atoms with Gasteiger partial charge in [-0.15, -0.1) is 0 Å². The molecule has 0 unspecified atom stereocenters. The summed E-state index contributed by atoms with van der Waals surface area (Å²) in [6.07, 6.45) is 3.60. The van der Waals surface area contributed by atoms with E-state index in [1.54, 1.807) is 0 Å². The summed E-state index contributed by atoms with van der Waals surface area (Å²) in [6.45, 7) is 6.23. The number of amides is 1. The molecule has 0 aromatic carbocycles. The van der Waals surface area contributed by atoms with Gasteiger partial charge in [-0.25, -0.2) is 0 Å². The number of carbonyl (C=O) groups is 1. The highest BCUT2D eigenvalue weighted by Crippen LogP contribution is 2.28. The van der Waals surface area contributed by atoms with E-state index in [-0.39, 0.29) is 11.8 Å². The van der Waals surface area contributed by atoms with Gasteiger partial charge in [-0.1, -0.05) is 13.8 Å². The van der Waals surface area contributed by atoms with Crippen molar-refractivity contribution in [3.8, 4) is 0 Å². The number of nitrogens with one attached hydrogen (secondary N) is 1. The van der Waals surface area contributed by atoms with Crippen molar-refractivity contribution in [1.29, 1.82) is 0 Å². The van der Waals surface area contributed by atoms with Crippen LogP contribution in [-0.4, -0.2) is 25.7 Å². The summed E-state index contributed by atoms with van der Waals surface area (Å²) in [7, 11) is 0. The lowest BCUT2D eigenvalue weighted by Crippen LogP contribution is -2.29. The van der Waals surface area contributed by atoms with Gasteiger partial charge < -0.3 is 10.1 Å². The molecule has 0 radical (unpaired) electrons. The van der Waals surface area contributed by atoms with Gasteiger partial charge in [0.2, 0.25) is 5.91 Å². The molecular weight excluding hydrogens is 178 g/mol. The largest absolute Gasteiger partial charge is 0.381 e. The predicted molar refractivity (Wildman–Crippen MR) is 56.0 cm³/mol. The summed E-state index contributed by atoms with van der Waals surface area (Å²) in [5.41, 5.74) is 0. The fourth-order valence-corrected chi connectivity index (χ4v) is 1.12. The normalized spacial score (nSPS) is 15.9. The van der Waals surface area contributed by atoms with Gasteiger partial charge in [-0.2, -0.15) is 0 Å². The zero-order chi connectivity index (χ0) is 10.4. The molecule has 0 atom stereocenters. The molecule has 0 aromatic heterocycles. The Kier molecular flexibility index (Phi) is 4.94. The molecule has 0 aliphatic heterocycles. The minimum absolute atomic E-state index is 0.0855. The van der Waals surface area contributed by atoms with Crippen LogP contribution in [0.5, 0.6) is 0 Å². The molecule has 0 bridgehead atoms. The number of carbonyl (C=O) groups excluding carboxylic acids is 1. The molecule has 3 heteroatoms. The monoisotopic (exact) mass is 199 g/mol. The smallest absolute Gasteiger partial charge is 0.222 e. The van der Waals surface area contributed by atoms with E-state index in [9.17, 15) is 4.79 Å². The van der Waals surface area contributed by atoms with Gasteiger partial charge in [0.15, 0.2) is 0 Å². The van der Waals surface area contributed by atoms with Crippen molar-refractivity contribution in [2.45, 2.75) is 33.1 Å². The molecule has 0 spiro atoms. The second-order valence-electron chi connectivity index (χ2n) is 4.32. The molecule has 82 valence electrons. The first-order valence-corrected chi connectivity index (χ1v) is 5.55. The van der Waals surface area contributed by atoms with Gasteiger partial charge in [-0.3, -0.25) is 4.79 Å². The van der Waals surface area contributed by atoms with Crippen LogP contribution in [0.3, 0.4) is 0 Å². The minimum atomic E-state index is 0.0855. The van der Waals surface area contributed by atoms with Crippen molar-refractivity contribution in [3.63, 3.8) is 0 Å². The summed E-state index contributed by atoms with van der Waals surface area (Å²) < 4.78 is 5.45. The van der Waals surface area contributed by atoms with Gasteiger partial charge in [0, 0.05) is 25.7 Å². The third kappa shape index (κ3) is 5.22. The Balaban J connectivity index is 1.81. The predicted octanol–water partition coefficient (Wildman–Crippen LogP) is 1.58. The van der Waals surface area contributed by atoms with Crippen LogP contribution in [0.1, 0.15) is 33.1 Å². The molecule has 1 fully saturated rings. The SMILES string of the molecule is CC(C)C(=O)NCCCOCC1CC1. The Morgan fingerprint density at radius 2 is 2.21 bits per heavy atom. The lowest BCUT2D eigenvalue weighted by molar-refractivity contribution is -0.124. The Hall–Kier alpha value is -0.570. The maximum absolute atomic E-state index is 11.1. The van der Waals surface area contributed by atoms with E-state index in [4.69, 9.17) is 4.74 Å². The molecule has 0 saturated heterocycles. The van der Waals surface area contributed by atoms with Crippen molar-refractivity contribution in [3.05, 3.63) is 0 Å². The molecular formula is C11H21NO2. The Labute approximate surface area is 86.2 Å². The minimum Gasteiger partial charge on any atom is -0.381 e. The second kappa shape index (κ2) is 6.02. The van der Waals surface area contributed by atoms with Gasteiger partial charge in [0.1, 0.15) is 0 Å². The van der Waals surface area contributed by atoms with Crippen molar-refractivity contribution < 1.29 is 9.53 Å². The maximum Gasteiger partial charge on any atom is 0.222 e. The highest BCUT2D eigenvalue weighted by molar-refractivity contribution is 5.77. The van der Waals surface area contributed by atoms with Crippen LogP contribution < -0.4 is 5.32 Å². The van der Waals surface area contributed by atoms with E-state index in [1.807, 2.05) is 13.8 Å². The zero-order valence-electron chi connectivity index (χ0n) is 9.21. The van der Waals surface area contributed by atoms with E-state index in [0.717, 1.165) is 32.1 Å². The molecule has 1 aliphatic carbocycles. The number of ether oxygens (including phenoxy) is 1. The van der Waals surface area contributed by atoms with E-state index >= 15 is 0 Å². The van der Waals surface area contributed by atoms with Crippen LogP contribution in [-0.2, 0) is 9.53 Å². The quantitative estimate of drug-likeness (QED) is 0.632. The van der Waals surface area contributed by atoms with E-state index in [2.05, 4.69) is 5.32 Å². The van der Waals surface area contributed by atoms with Crippen LogP contribution in [0.25, 0.3) is 0 Å². The van der Waals surface area contributed by atoms with Crippen LogP contribution in [0.15, 0.2) is 0 Å². The van der Waals surface area contributed by atoms with Crippen LogP contribution in [0, 0.1) is 11.8 Å². The molecule has 0 aromatic rings. The van der Waals surface area contributed by atoms with Crippen molar-refractivity contribution in [2.75, 3.05) is 19.8 Å². The summed E-state index contributed by atoms with van der Waals surface area (Å²) >= 11 is 0. The Morgan fingerprint density at radius 3 is 2.79 bits per heavy atom. The lowest BCUT2D eigenvalue weighted by Gasteiger charge is -2.07. The summed E-state index contributed by atoms with van der Waals surface area (Å²) in [4.78, 5) is 11.1. The maximum atomic E-state index is 11.1. The number of rotatable bonds is 7. The van der Waals surface area contributed by atoms with Gasteiger partial charge in [-0.05, 0) is 25.2 Å². The van der Waals surface area contributed by atoms with Crippen LogP contribution >= 0.6 is 0 Å². The number of hydrogen-bond acceptors (Lipinski definition) is 2. The fraction of sp³-hybridized carbons (Fsp3) is 0.909. The average Bonchev–Trinajstić information content (AvgIpc) is 2.94. The van der Waals surface area contributed by atoms with E-state index in [1.165, 1.54) is 12.8 Å². The molecule has 1 aliphatic rings. The van der Waals surface area contributed by atoms with Crippen LogP contribution in [0.2, 0.25) is 0 Å². The van der Waals surface area contributed by atoms with Gasteiger partial charge in [0.25, 0.3) is 0 Å². The fourth-order valence-electron chi connectivity index (χ4n) is 1.12. The first-order valence-electron chi connectivity index (χ1n) is 5.55. The lowest BCUT2D eigenvalue weighted by atomic mass is 10.2. The first kappa shape index (κ1) is 11.5. The third-order valence-corrected chi connectivity index (χ3v) is 2.34. The second-order valence-corrected chi connectivity index (χ2v) is 4.32. The Bertz CT molecular complexity index is 176. The van der Waals surface area contributed by atoms with Crippen LogP contribution in [0.4, 0.5) is 0 Å². The highest BCUT2D eigenvalue weighted by atomic mass is 16.5. The van der Waals surface area contributed by atoms with E-state index in [0.29, 0.717) is 0 Å². The first-order chi connectivity index (χ1) is 6.70. The van der Waals surface area contributed by atoms with E-state index < -0.39 is 0 Å². The van der Waals surface area contributed by atoms with Gasteiger partial charge in [0.05, 0.1) is 0 Å². The van der Waals surface area contributed by atoms with Crippen molar-refractivity contribution >= 4 is 5.91 Å². The van der Waals surface area contributed by atoms with Crippen molar-refractivity contribution in [2.24, 2.45) is 11.8 Å².